The molecule has 3 N–H and O–H groups in total. The van der Waals surface area contributed by atoms with Crippen molar-refractivity contribution in [1.82, 2.24) is 0 Å². The summed E-state index contributed by atoms with van der Waals surface area (Å²) in [6.07, 6.45) is 0. The van der Waals surface area contributed by atoms with Crippen molar-refractivity contribution in [3.63, 3.8) is 0 Å². The van der Waals surface area contributed by atoms with Crippen LogP contribution in [0.15, 0.2) is 59.5 Å². The van der Waals surface area contributed by atoms with Gasteiger partial charge in [-0.05, 0) is 36.4 Å². The summed E-state index contributed by atoms with van der Waals surface area (Å²) in [4.78, 5) is 20.6. The molecule has 0 bridgehead atoms. The molecular weight excluding hydrogens is 312 g/mol. The summed E-state index contributed by atoms with van der Waals surface area (Å²) < 4.78 is 29.2. The molecule has 0 aliphatic heterocycles. The number of carboxylic acids is 2. The minimum absolute atomic E-state index is 0.0741. The van der Waals surface area contributed by atoms with E-state index in [9.17, 15) is 18.0 Å². The summed E-state index contributed by atoms with van der Waals surface area (Å²) in [5, 5.41) is 16.9. The smallest absolute Gasteiger partial charge is 0.335 e. The van der Waals surface area contributed by atoms with Crippen molar-refractivity contribution in [3.8, 4) is 0 Å². The molecule has 0 fully saturated rings. The fourth-order valence-corrected chi connectivity index (χ4v) is 1.85. The molecule has 7 nitrogen and oxygen atoms in total. The van der Waals surface area contributed by atoms with E-state index in [-0.39, 0.29) is 16.0 Å². The van der Waals surface area contributed by atoms with Crippen molar-refractivity contribution in [2.24, 2.45) is 0 Å². The first-order valence-corrected chi connectivity index (χ1v) is 7.25. The summed E-state index contributed by atoms with van der Waals surface area (Å²) in [5.41, 5.74) is 0.167. The Bertz CT molecular complexity index is 717. The van der Waals surface area contributed by atoms with Gasteiger partial charge in [-0.3, -0.25) is 4.55 Å². The van der Waals surface area contributed by atoms with Crippen LogP contribution in [0.25, 0.3) is 0 Å². The van der Waals surface area contributed by atoms with Crippen LogP contribution >= 0.6 is 0 Å². The van der Waals surface area contributed by atoms with Gasteiger partial charge in [-0.1, -0.05) is 18.2 Å². The van der Waals surface area contributed by atoms with Crippen LogP contribution in [0, 0.1) is 0 Å². The lowest BCUT2D eigenvalue weighted by atomic mass is 10.1. The molecule has 0 spiro atoms. The number of rotatable bonds is 3. The molecule has 116 valence electrons. The molecule has 0 unspecified atom stereocenters. The van der Waals surface area contributed by atoms with Crippen molar-refractivity contribution in [3.05, 3.63) is 65.7 Å². The molecule has 0 aliphatic carbocycles. The topological polar surface area (TPSA) is 129 Å². The fraction of sp³-hybridized carbons (Fsp3) is 0. The average molecular weight is 324 g/mol. The van der Waals surface area contributed by atoms with Gasteiger partial charge in [0.05, 0.1) is 16.0 Å². The fourth-order valence-electron chi connectivity index (χ4n) is 1.35. The number of aromatic carboxylic acids is 2. The highest BCUT2D eigenvalue weighted by Gasteiger charge is 2.06. The summed E-state index contributed by atoms with van der Waals surface area (Å²) in [6, 6.07) is 12.4. The van der Waals surface area contributed by atoms with Crippen LogP contribution in [0.5, 0.6) is 0 Å². The minimum Gasteiger partial charge on any atom is -0.478 e. The van der Waals surface area contributed by atoms with Crippen LogP contribution in [0.2, 0.25) is 0 Å². The first kappa shape index (κ1) is 17.3. The molecule has 0 aromatic heterocycles. The van der Waals surface area contributed by atoms with E-state index in [1.807, 2.05) is 0 Å². The summed E-state index contributed by atoms with van der Waals surface area (Å²) >= 11 is 0. The lowest BCUT2D eigenvalue weighted by molar-refractivity contribution is 0.0681. The number of carbonyl (C=O) groups is 2. The Kier molecular flexibility index (Phi) is 5.79. The predicted octanol–water partition coefficient (Wildman–Crippen LogP) is 2.02. The second-order valence-electron chi connectivity index (χ2n) is 3.98. The van der Waals surface area contributed by atoms with Gasteiger partial charge in [-0.25, -0.2) is 9.59 Å². The van der Waals surface area contributed by atoms with E-state index in [0.29, 0.717) is 0 Å². The van der Waals surface area contributed by atoms with Crippen LogP contribution in [-0.4, -0.2) is 35.1 Å². The Balaban J connectivity index is 0.000000224. The van der Waals surface area contributed by atoms with Gasteiger partial charge in [0.2, 0.25) is 0 Å². The van der Waals surface area contributed by atoms with E-state index in [1.165, 1.54) is 36.4 Å². The Morgan fingerprint density at radius 1 is 0.727 bits per heavy atom. The number of hydrogen-bond donors (Lipinski definition) is 3. The van der Waals surface area contributed by atoms with E-state index in [0.717, 1.165) is 0 Å². The summed E-state index contributed by atoms with van der Waals surface area (Å²) in [5.74, 6) is -2.13. The molecule has 0 saturated heterocycles. The molecular formula is C14H12O7S. The van der Waals surface area contributed by atoms with E-state index in [4.69, 9.17) is 14.8 Å². The Labute approximate surface area is 126 Å². The quantitative estimate of drug-likeness (QED) is 0.736. The van der Waals surface area contributed by atoms with Crippen molar-refractivity contribution in [2.75, 3.05) is 0 Å². The molecule has 2 aromatic rings. The first-order chi connectivity index (χ1) is 10.2. The highest BCUT2D eigenvalue weighted by molar-refractivity contribution is 7.85. The first-order valence-electron chi connectivity index (χ1n) is 5.81. The van der Waals surface area contributed by atoms with E-state index in [2.05, 4.69) is 0 Å². The van der Waals surface area contributed by atoms with Gasteiger partial charge in [0, 0.05) is 0 Å². The second-order valence-corrected chi connectivity index (χ2v) is 5.40. The van der Waals surface area contributed by atoms with Crippen LogP contribution in [0.3, 0.4) is 0 Å². The zero-order chi connectivity index (χ0) is 16.8. The lowest BCUT2D eigenvalue weighted by Gasteiger charge is -1.94. The molecule has 0 atom stereocenters. The van der Waals surface area contributed by atoms with Crippen molar-refractivity contribution < 1.29 is 32.8 Å². The van der Waals surface area contributed by atoms with Gasteiger partial charge in [-0.15, -0.1) is 0 Å². The van der Waals surface area contributed by atoms with Crippen LogP contribution in [-0.2, 0) is 10.1 Å². The SMILES string of the molecule is O=C(O)c1ccc(C(=O)O)cc1.O=S(=O)(O)c1ccccc1. The van der Waals surface area contributed by atoms with Gasteiger partial charge in [-0.2, -0.15) is 8.42 Å². The third kappa shape index (κ3) is 5.35. The molecule has 0 aliphatic rings. The van der Waals surface area contributed by atoms with Gasteiger partial charge >= 0.3 is 11.9 Å². The second kappa shape index (κ2) is 7.34. The Morgan fingerprint density at radius 3 is 1.32 bits per heavy atom. The van der Waals surface area contributed by atoms with Crippen molar-refractivity contribution >= 4 is 22.1 Å². The molecule has 2 aromatic carbocycles. The predicted molar refractivity (Wildman–Crippen MR) is 76.6 cm³/mol. The molecule has 8 heteroatoms. The van der Waals surface area contributed by atoms with E-state index in [1.54, 1.807) is 18.2 Å². The standard InChI is InChI=1S/C8H6O4.C6H6O3S/c9-7(10)5-1-2-6(4-3-5)8(11)12;7-10(8,9)6-4-2-1-3-5-6/h1-4H,(H,9,10)(H,11,12);1-5H,(H,7,8,9). The van der Waals surface area contributed by atoms with Crippen molar-refractivity contribution in [1.29, 1.82) is 0 Å². The van der Waals surface area contributed by atoms with E-state index < -0.39 is 22.1 Å². The average Bonchev–Trinajstić information content (AvgIpc) is 2.48. The molecule has 0 amide bonds. The van der Waals surface area contributed by atoms with Crippen LogP contribution < -0.4 is 0 Å². The maximum Gasteiger partial charge on any atom is 0.335 e. The third-order valence-corrected chi connectivity index (χ3v) is 3.29. The maximum atomic E-state index is 10.4. The molecule has 0 radical (unpaired) electrons. The van der Waals surface area contributed by atoms with Gasteiger partial charge in [0.15, 0.2) is 0 Å². The van der Waals surface area contributed by atoms with Gasteiger partial charge < -0.3 is 10.2 Å². The number of carboxylic acid groups (broad SMARTS) is 2. The van der Waals surface area contributed by atoms with Gasteiger partial charge in [0.1, 0.15) is 0 Å². The van der Waals surface area contributed by atoms with Gasteiger partial charge in [0.25, 0.3) is 10.1 Å². The van der Waals surface area contributed by atoms with E-state index >= 15 is 0 Å². The van der Waals surface area contributed by atoms with Crippen molar-refractivity contribution in [2.45, 2.75) is 4.90 Å². The monoisotopic (exact) mass is 324 g/mol. The van der Waals surface area contributed by atoms with Crippen LogP contribution in [0.1, 0.15) is 20.7 Å². The number of hydrogen-bond acceptors (Lipinski definition) is 4. The lowest BCUT2D eigenvalue weighted by Crippen LogP contribution is -1.99. The Hall–Kier alpha value is -2.71. The molecule has 0 saturated carbocycles. The summed E-state index contributed by atoms with van der Waals surface area (Å²) in [6.45, 7) is 0. The zero-order valence-electron chi connectivity index (χ0n) is 11.1. The molecule has 2 rings (SSSR count). The zero-order valence-corrected chi connectivity index (χ0v) is 11.9. The minimum atomic E-state index is -4.00. The largest absolute Gasteiger partial charge is 0.478 e. The summed E-state index contributed by atoms with van der Waals surface area (Å²) in [7, 11) is -4.00. The maximum absolute atomic E-state index is 10.4. The third-order valence-electron chi connectivity index (χ3n) is 2.42. The van der Waals surface area contributed by atoms with Crippen LogP contribution in [0.4, 0.5) is 0 Å². The number of benzene rings is 2. The molecule has 22 heavy (non-hydrogen) atoms. The highest BCUT2D eigenvalue weighted by Crippen LogP contribution is 2.05. The molecule has 0 heterocycles. The normalized spacial score (nSPS) is 10.2. The Morgan fingerprint density at radius 2 is 1.09 bits per heavy atom. The highest BCUT2D eigenvalue weighted by atomic mass is 32.2.